The summed E-state index contributed by atoms with van der Waals surface area (Å²) in [5, 5.41) is 5.92. The lowest BCUT2D eigenvalue weighted by Crippen LogP contribution is -2.40. The van der Waals surface area contributed by atoms with Gasteiger partial charge in [0.2, 0.25) is 11.8 Å². The highest BCUT2D eigenvalue weighted by Gasteiger charge is 2.24. The number of pyridine rings is 1. The molecule has 162 valence electrons. The first-order valence-electron chi connectivity index (χ1n) is 9.87. The molecular formula is C24H19F2N3O3. The maximum atomic E-state index is 13.7. The second-order valence-corrected chi connectivity index (χ2v) is 7.24. The van der Waals surface area contributed by atoms with Crippen LogP contribution in [0.1, 0.15) is 11.6 Å². The summed E-state index contributed by atoms with van der Waals surface area (Å²) in [6.45, 7) is -0.196. The highest BCUT2D eigenvalue weighted by Crippen LogP contribution is 2.20. The minimum Gasteiger partial charge on any atom is -0.357 e. The van der Waals surface area contributed by atoms with Gasteiger partial charge >= 0.3 is 0 Å². The standard InChI is InChI=1S/C24H19F2N3O3/c1-27-24(32)22(14-10-11-17(25)18(26)12-14)28-21(30)13-29-19-8-4-2-6-15(19)23(31)16-7-3-5-9-20(16)29/h2-12,22H,13H2,1H3,(H,27,32)(H,28,30). The van der Waals surface area contributed by atoms with Crippen LogP contribution >= 0.6 is 0 Å². The maximum absolute atomic E-state index is 13.7. The van der Waals surface area contributed by atoms with Crippen molar-refractivity contribution in [2.24, 2.45) is 0 Å². The van der Waals surface area contributed by atoms with Gasteiger partial charge in [0, 0.05) is 17.8 Å². The molecule has 0 saturated heterocycles. The van der Waals surface area contributed by atoms with E-state index in [-0.39, 0.29) is 17.5 Å². The number of fused-ring (bicyclic) bond motifs is 2. The van der Waals surface area contributed by atoms with Crippen molar-refractivity contribution < 1.29 is 18.4 Å². The van der Waals surface area contributed by atoms with Crippen LogP contribution < -0.4 is 16.1 Å². The summed E-state index contributed by atoms with van der Waals surface area (Å²) in [6.07, 6.45) is 0. The van der Waals surface area contributed by atoms with E-state index in [1.165, 1.54) is 13.1 Å². The van der Waals surface area contributed by atoms with Crippen LogP contribution in [0.2, 0.25) is 0 Å². The summed E-state index contributed by atoms with van der Waals surface area (Å²) < 4.78 is 28.7. The average molecular weight is 435 g/mol. The Kier molecular flexibility index (Phi) is 5.68. The summed E-state index contributed by atoms with van der Waals surface area (Å²) in [5.74, 6) is -3.30. The Hall–Kier alpha value is -4.07. The van der Waals surface area contributed by atoms with Gasteiger partial charge in [0.05, 0.1) is 11.0 Å². The van der Waals surface area contributed by atoms with Crippen LogP contribution in [-0.4, -0.2) is 23.4 Å². The molecule has 0 spiro atoms. The van der Waals surface area contributed by atoms with E-state index in [0.29, 0.717) is 21.8 Å². The minimum absolute atomic E-state index is 0.103. The molecular weight excluding hydrogens is 416 g/mol. The monoisotopic (exact) mass is 435 g/mol. The normalized spacial score (nSPS) is 12.0. The van der Waals surface area contributed by atoms with Crippen molar-refractivity contribution in [1.29, 1.82) is 0 Å². The largest absolute Gasteiger partial charge is 0.357 e. The zero-order chi connectivity index (χ0) is 22.8. The minimum atomic E-state index is -1.22. The summed E-state index contributed by atoms with van der Waals surface area (Å²) in [6, 6.07) is 15.7. The molecule has 0 saturated carbocycles. The Morgan fingerprint density at radius 3 is 2.06 bits per heavy atom. The number of amides is 2. The molecule has 2 amide bonds. The molecule has 1 aromatic heterocycles. The Morgan fingerprint density at radius 1 is 0.906 bits per heavy atom. The first-order valence-corrected chi connectivity index (χ1v) is 9.87. The zero-order valence-corrected chi connectivity index (χ0v) is 17.1. The van der Waals surface area contributed by atoms with E-state index in [1.807, 2.05) is 0 Å². The molecule has 6 nitrogen and oxygen atoms in total. The van der Waals surface area contributed by atoms with Crippen LogP contribution in [0.5, 0.6) is 0 Å². The van der Waals surface area contributed by atoms with Crippen LogP contribution in [0, 0.1) is 11.6 Å². The van der Waals surface area contributed by atoms with E-state index >= 15 is 0 Å². The fourth-order valence-electron chi connectivity index (χ4n) is 3.73. The zero-order valence-electron chi connectivity index (χ0n) is 17.1. The van der Waals surface area contributed by atoms with Gasteiger partial charge in [-0.25, -0.2) is 8.78 Å². The molecule has 4 rings (SSSR count). The summed E-state index contributed by atoms with van der Waals surface area (Å²) in [4.78, 5) is 38.2. The number of nitrogens with zero attached hydrogens (tertiary/aromatic N) is 1. The Labute approximate surface area is 181 Å². The number of carbonyl (C=O) groups is 2. The third kappa shape index (κ3) is 3.82. The van der Waals surface area contributed by atoms with Crippen molar-refractivity contribution in [3.8, 4) is 0 Å². The number of halogens is 2. The van der Waals surface area contributed by atoms with Gasteiger partial charge < -0.3 is 15.2 Å². The van der Waals surface area contributed by atoms with E-state index < -0.39 is 29.5 Å². The molecule has 32 heavy (non-hydrogen) atoms. The number of nitrogens with one attached hydrogen (secondary N) is 2. The second-order valence-electron chi connectivity index (χ2n) is 7.24. The smallest absolute Gasteiger partial charge is 0.246 e. The van der Waals surface area contributed by atoms with Gasteiger partial charge in [0.15, 0.2) is 17.1 Å². The van der Waals surface area contributed by atoms with Gasteiger partial charge in [0.1, 0.15) is 12.6 Å². The Bertz CT molecular complexity index is 1360. The fraction of sp³-hybridized carbons (Fsp3) is 0.125. The quantitative estimate of drug-likeness (QED) is 0.473. The number of rotatable bonds is 5. The topological polar surface area (TPSA) is 80.2 Å². The molecule has 0 fully saturated rings. The van der Waals surface area contributed by atoms with Crippen molar-refractivity contribution >= 4 is 33.6 Å². The molecule has 3 aromatic carbocycles. The predicted molar refractivity (Wildman–Crippen MR) is 117 cm³/mol. The van der Waals surface area contributed by atoms with E-state index in [4.69, 9.17) is 0 Å². The number of para-hydroxylation sites is 2. The van der Waals surface area contributed by atoms with Gasteiger partial charge in [-0.15, -0.1) is 0 Å². The lowest BCUT2D eigenvalue weighted by atomic mass is 10.1. The van der Waals surface area contributed by atoms with E-state index in [1.54, 1.807) is 53.1 Å². The van der Waals surface area contributed by atoms with Crippen LogP contribution in [-0.2, 0) is 16.1 Å². The van der Waals surface area contributed by atoms with Crippen LogP contribution in [0.15, 0.2) is 71.5 Å². The second kappa shape index (κ2) is 8.58. The molecule has 2 N–H and O–H groups in total. The van der Waals surface area contributed by atoms with Crippen LogP contribution in [0.4, 0.5) is 8.78 Å². The van der Waals surface area contributed by atoms with E-state index in [9.17, 15) is 23.2 Å². The molecule has 8 heteroatoms. The number of aromatic nitrogens is 1. The lowest BCUT2D eigenvalue weighted by molar-refractivity contribution is -0.129. The fourth-order valence-corrected chi connectivity index (χ4v) is 3.73. The lowest BCUT2D eigenvalue weighted by Gasteiger charge is -2.20. The number of likely N-dealkylation sites (N-methyl/N-ethyl adjacent to an activating group) is 1. The van der Waals surface area contributed by atoms with Crippen molar-refractivity contribution in [2.75, 3.05) is 7.05 Å². The van der Waals surface area contributed by atoms with Gasteiger partial charge in [-0.3, -0.25) is 14.4 Å². The summed E-state index contributed by atoms with van der Waals surface area (Å²) in [5.41, 5.74) is 1.09. The number of carbonyl (C=O) groups excluding carboxylic acids is 2. The first kappa shape index (κ1) is 21.2. The molecule has 4 aromatic rings. The van der Waals surface area contributed by atoms with Crippen molar-refractivity contribution in [1.82, 2.24) is 15.2 Å². The molecule has 1 atom stereocenters. The van der Waals surface area contributed by atoms with Gasteiger partial charge in [0.25, 0.3) is 0 Å². The average Bonchev–Trinajstić information content (AvgIpc) is 2.81. The van der Waals surface area contributed by atoms with E-state index in [2.05, 4.69) is 10.6 Å². The van der Waals surface area contributed by atoms with Gasteiger partial charge in [-0.1, -0.05) is 30.3 Å². The van der Waals surface area contributed by atoms with Crippen LogP contribution in [0.25, 0.3) is 21.8 Å². The first-order chi connectivity index (χ1) is 15.4. The predicted octanol–water partition coefficient (Wildman–Crippen LogP) is 3.04. The van der Waals surface area contributed by atoms with Gasteiger partial charge in [-0.05, 0) is 42.0 Å². The Balaban J connectivity index is 1.74. The Morgan fingerprint density at radius 2 is 1.50 bits per heavy atom. The molecule has 0 bridgehead atoms. The highest BCUT2D eigenvalue weighted by atomic mass is 19.2. The SMILES string of the molecule is CNC(=O)C(NC(=O)Cn1c2ccccc2c(=O)c2ccccc21)c1ccc(F)c(F)c1. The highest BCUT2D eigenvalue weighted by molar-refractivity contribution is 5.95. The van der Waals surface area contributed by atoms with Crippen LogP contribution in [0.3, 0.4) is 0 Å². The van der Waals surface area contributed by atoms with Crippen molar-refractivity contribution in [3.05, 3.63) is 94.2 Å². The molecule has 0 aliphatic rings. The summed E-state index contributed by atoms with van der Waals surface area (Å²) >= 11 is 0. The number of hydrogen-bond donors (Lipinski definition) is 2. The number of hydrogen-bond acceptors (Lipinski definition) is 3. The maximum Gasteiger partial charge on any atom is 0.246 e. The molecule has 1 unspecified atom stereocenters. The van der Waals surface area contributed by atoms with Gasteiger partial charge in [-0.2, -0.15) is 0 Å². The third-order valence-electron chi connectivity index (χ3n) is 5.27. The third-order valence-corrected chi connectivity index (χ3v) is 5.27. The molecule has 0 aliphatic carbocycles. The van der Waals surface area contributed by atoms with Crippen molar-refractivity contribution in [2.45, 2.75) is 12.6 Å². The summed E-state index contributed by atoms with van der Waals surface area (Å²) in [7, 11) is 1.38. The molecule has 0 radical (unpaired) electrons. The molecule has 0 aliphatic heterocycles. The number of benzene rings is 3. The molecule has 1 heterocycles. The van der Waals surface area contributed by atoms with Crippen molar-refractivity contribution in [3.63, 3.8) is 0 Å². The van der Waals surface area contributed by atoms with E-state index in [0.717, 1.165) is 12.1 Å².